The van der Waals surface area contributed by atoms with Crippen molar-refractivity contribution >= 4 is 51.3 Å². The van der Waals surface area contributed by atoms with Gasteiger partial charge in [-0.05, 0) is 23.6 Å². The Morgan fingerprint density at radius 1 is 0.958 bits per heavy atom. The van der Waals surface area contributed by atoms with Gasteiger partial charge in [0.25, 0.3) is 11.6 Å². The van der Waals surface area contributed by atoms with E-state index in [1.165, 1.54) is 18.2 Å². The maximum Gasteiger partial charge on any atom is 0.271 e. The molecule has 0 aliphatic carbocycles. The number of nitrogens with one attached hydrogen (secondary N) is 1. The summed E-state index contributed by atoms with van der Waals surface area (Å²) in [7, 11) is 0. The molecule has 3 aromatic rings. The number of rotatable bonds is 3. The number of halogens is 2. The Kier molecular flexibility index (Phi) is 4.38. The highest BCUT2D eigenvalue weighted by Gasteiger charge is 2.15. The molecule has 0 atom stereocenters. The van der Waals surface area contributed by atoms with E-state index in [2.05, 4.69) is 5.32 Å². The second-order valence-electron chi connectivity index (χ2n) is 5.02. The van der Waals surface area contributed by atoms with Gasteiger partial charge < -0.3 is 5.32 Å². The van der Waals surface area contributed by atoms with Crippen LogP contribution in [0.2, 0.25) is 10.0 Å². The number of amides is 1. The van der Waals surface area contributed by atoms with Crippen LogP contribution in [0.4, 0.5) is 11.4 Å². The molecule has 1 N–H and O–H groups in total. The number of anilines is 1. The quantitative estimate of drug-likeness (QED) is 0.508. The molecule has 0 aliphatic heterocycles. The number of fused-ring (bicyclic) bond motifs is 1. The summed E-state index contributed by atoms with van der Waals surface area (Å²) >= 11 is 12.2. The Bertz CT molecular complexity index is 973. The molecule has 0 saturated carbocycles. The van der Waals surface area contributed by atoms with E-state index < -0.39 is 10.8 Å². The Hall–Kier alpha value is -2.63. The van der Waals surface area contributed by atoms with Gasteiger partial charge in [-0.3, -0.25) is 14.9 Å². The molecule has 5 nitrogen and oxygen atoms in total. The Morgan fingerprint density at radius 3 is 2.42 bits per heavy atom. The molecule has 3 aromatic carbocycles. The van der Waals surface area contributed by atoms with Crippen LogP contribution < -0.4 is 5.32 Å². The molecule has 120 valence electrons. The third-order valence-corrected chi connectivity index (χ3v) is 4.18. The highest BCUT2D eigenvalue weighted by Crippen LogP contribution is 2.29. The van der Waals surface area contributed by atoms with E-state index in [4.69, 9.17) is 23.2 Å². The average molecular weight is 361 g/mol. The predicted octanol–water partition coefficient (Wildman–Crippen LogP) is 5.31. The second kappa shape index (κ2) is 6.47. The summed E-state index contributed by atoms with van der Waals surface area (Å²) in [6.45, 7) is 0. The zero-order valence-corrected chi connectivity index (χ0v) is 13.6. The van der Waals surface area contributed by atoms with Gasteiger partial charge in [0.1, 0.15) is 0 Å². The zero-order valence-electron chi connectivity index (χ0n) is 12.1. The molecule has 0 saturated heterocycles. The fraction of sp³-hybridized carbons (Fsp3) is 0. The first-order valence-electron chi connectivity index (χ1n) is 6.90. The number of carbonyl (C=O) groups excluding carboxylic acids is 1. The summed E-state index contributed by atoms with van der Waals surface area (Å²) in [6, 6.07) is 14.3. The van der Waals surface area contributed by atoms with Crippen molar-refractivity contribution in [3.8, 4) is 0 Å². The van der Waals surface area contributed by atoms with E-state index in [0.29, 0.717) is 16.0 Å². The summed E-state index contributed by atoms with van der Waals surface area (Å²) in [6.07, 6.45) is 0. The number of benzene rings is 3. The van der Waals surface area contributed by atoms with Gasteiger partial charge in [-0.15, -0.1) is 0 Å². The Morgan fingerprint density at radius 2 is 1.67 bits per heavy atom. The summed E-state index contributed by atoms with van der Waals surface area (Å²) in [5.41, 5.74) is 0.420. The van der Waals surface area contributed by atoms with Crippen molar-refractivity contribution in [2.24, 2.45) is 0 Å². The lowest BCUT2D eigenvalue weighted by molar-refractivity contribution is -0.384. The van der Waals surface area contributed by atoms with Crippen molar-refractivity contribution in [1.29, 1.82) is 0 Å². The lowest BCUT2D eigenvalue weighted by Gasteiger charge is -2.10. The van der Waals surface area contributed by atoms with Crippen LogP contribution in [0.5, 0.6) is 0 Å². The molecule has 0 aromatic heterocycles. The van der Waals surface area contributed by atoms with Gasteiger partial charge in [0, 0.05) is 28.1 Å². The zero-order chi connectivity index (χ0) is 17.3. The Balaban J connectivity index is 2.01. The monoisotopic (exact) mass is 360 g/mol. The van der Waals surface area contributed by atoms with Crippen molar-refractivity contribution in [1.82, 2.24) is 0 Å². The van der Waals surface area contributed by atoms with Gasteiger partial charge in [0.15, 0.2) is 0 Å². The first kappa shape index (κ1) is 16.2. The van der Waals surface area contributed by atoms with E-state index in [1.54, 1.807) is 30.3 Å². The topological polar surface area (TPSA) is 72.2 Å². The van der Waals surface area contributed by atoms with E-state index in [0.717, 1.165) is 5.39 Å². The van der Waals surface area contributed by atoms with Gasteiger partial charge in [0.2, 0.25) is 0 Å². The SMILES string of the molecule is O=C(Nc1cc([N+](=O)[O-])ccc1Cl)c1cccc2c(Cl)cccc12. The maximum atomic E-state index is 12.6. The lowest BCUT2D eigenvalue weighted by Crippen LogP contribution is -2.13. The molecule has 0 radical (unpaired) electrons. The number of non-ortho nitro benzene ring substituents is 1. The molecule has 0 aliphatic rings. The third kappa shape index (κ3) is 3.04. The number of hydrogen-bond donors (Lipinski definition) is 1. The molecule has 0 bridgehead atoms. The number of carbonyl (C=O) groups is 1. The van der Waals surface area contributed by atoms with Crippen LogP contribution in [0.3, 0.4) is 0 Å². The van der Waals surface area contributed by atoms with Crippen molar-refractivity contribution in [2.45, 2.75) is 0 Å². The highest BCUT2D eigenvalue weighted by atomic mass is 35.5. The molecular weight excluding hydrogens is 351 g/mol. The molecule has 0 unspecified atom stereocenters. The first-order valence-corrected chi connectivity index (χ1v) is 7.65. The van der Waals surface area contributed by atoms with Crippen molar-refractivity contribution in [3.05, 3.63) is 80.3 Å². The van der Waals surface area contributed by atoms with Gasteiger partial charge >= 0.3 is 0 Å². The minimum absolute atomic E-state index is 0.157. The summed E-state index contributed by atoms with van der Waals surface area (Å²) in [5, 5.41) is 15.7. The van der Waals surface area contributed by atoms with Gasteiger partial charge in [-0.2, -0.15) is 0 Å². The Labute approximate surface area is 147 Å². The van der Waals surface area contributed by atoms with Crippen molar-refractivity contribution in [3.63, 3.8) is 0 Å². The van der Waals surface area contributed by atoms with Gasteiger partial charge in [-0.25, -0.2) is 0 Å². The number of nitrogens with zero attached hydrogens (tertiary/aromatic N) is 1. The first-order chi connectivity index (χ1) is 11.5. The smallest absolute Gasteiger partial charge is 0.271 e. The molecule has 24 heavy (non-hydrogen) atoms. The minimum Gasteiger partial charge on any atom is -0.320 e. The lowest BCUT2D eigenvalue weighted by atomic mass is 10.0. The molecule has 3 rings (SSSR count). The summed E-state index contributed by atoms with van der Waals surface area (Å²) in [4.78, 5) is 22.9. The fourth-order valence-corrected chi connectivity index (χ4v) is 2.78. The highest BCUT2D eigenvalue weighted by molar-refractivity contribution is 6.36. The molecular formula is C17H10Cl2N2O3. The average Bonchev–Trinajstić information content (AvgIpc) is 2.56. The summed E-state index contributed by atoms with van der Waals surface area (Å²) < 4.78 is 0. The van der Waals surface area contributed by atoms with E-state index in [-0.39, 0.29) is 16.4 Å². The molecule has 0 heterocycles. The molecule has 7 heteroatoms. The van der Waals surface area contributed by atoms with Gasteiger partial charge in [-0.1, -0.05) is 47.5 Å². The number of nitro groups is 1. The molecule has 0 spiro atoms. The second-order valence-corrected chi connectivity index (χ2v) is 5.83. The number of hydrogen-bond acceptors (Lipinski definition) is 3. The van der Waals surface area contributed by atoms with Crippen LogP contribution in [-0.4, -0.2) is 10.8 Å². The largest absolute Gasteiger partial charge is 0.320 e. The normalized spacial score (nSPS) is 10.6. The van der Waals surface area contributed by atoms with E-state index >= 15 is 0 Å². The summed E-state index contributed by atoms with van der Waals surface area (Å²) in [5.74, 6) is -0.426. The van der Waals surface area contributed by atoms with Crippen LogP contribution in [0.15, 0.2) is 54.6 Å². The fourth-order valence-electron chi connectivity index (χ4n) is 2.38. The van der Waals surface area contributed by atoms with Gasteiger partial charge in [0.05, 0.1) is 15.6 Å². The van der Waals surface area contributed by atoms with Crippen molar-refractivity contribution < 1.29 is 9.72 Å². The van der Waals surface area contributed by atoms with E-state index in [9.17, 15) is 14.9 Å². The predicted molar refractivity (Wildman–Crippen MR) is 95.0 cm³/mol. The van der Waals surface area contributed by atoms with Crippen LogP contribution in [0.1, 0.15) is 10.4 Å². The van der Waals surface area contributed by atoms with Crippen LogP contribution >= 0.6 is 23.2 Å². The maximum absolute atomic E-state index is 12.6. The van der Waals surface area contributed by atoms with Crippen LogP contribution in [0.25, 0.3) is 10.8 Å². The number of nitro benzene ring substituents is 1. The minimum atomic E-state index is -0.552. The van der Waals surface area contributed by atoms with Crippen LogP contribution in [0, 0.1) is 10.1 Å². The van der Waals surface area contributed by atoms with Crippen LogP contribution in [-0.2, 0) is 0 Å². The molecule has 1 amide bonds. The molecule has 0 fully saturated rings. The van der Waals surface area contributed by atoms with E-state index in [1.807, 2.05) is 6.07 Å². The van der Waals surface area contributed by atoms with Crippen molar-refractivity contribution in [2.75, 3.05) is 5.32 Å². The third-order valence-electron chi connectivity index (χ3n) is 3.52. The standard InChI is InChI=1S/C17H10Cl2N2O3/c18-14-6-2-3-11-12(14)4-1-5-13(11)17(22)20-16-9-10(21(23)24)7-8-15(16)19/h1-9H,(H,20,22).